The van der Waals surface area contributed by atoms with Gasteiger partial charge in [0.05, 0.1) is 11.3 Å². The molecule has 0 aliphatic rings. The number of benzene rings is 2. The Labute approximate surface area is 150 Å². The van der Waals surface area contributed by atoms with Crippen LogP contribution in [0.5, 0.6) is 0 Å². The van der Waals surface area contributed by atoms with E-state index in [4.69, 9.17) is 5.73 Å². The number of rotatable bonds is 4. The van der Waals surface area contributed by atoms with Crippen LogP contribution < -0.4 is 5.73 Å². The lowest BCUT2D eigenvalue weighted by molar-refractivity contribution is -0.137. The maximum absolute atomic E-state index is 14.5. The van der Waals surface area contributed by atoms with Crippen molar-refractivity contribution in [3.8, 4) is 11.1 Å². The molecule has 0 heterocycles. The molecule has 2 rings (SSSR count). The lowest BCUT2D eigenvalue weighted by Crippen LogP contribution is -2.14. The number of hydrogen-bond acceptors (Lipinski definition) is 2. The van der Waals surface area contributed by atoms with Crippen molar-refractivity contribution in [1.82, 2.24) is 0 Å². The van der Waals surface area contributed by atoms with Crippen LogP contribution in [0.15, 0.2) is 36.6 Å². The minimum absolute atomic E-state index is 0.00914. The lowest BCUT2D eigenvalue weighted by Gasteiger charge is -2.19. The predicted molar refractivity (Wildman–Crippen MR) is 94.4 cm³/mol. The Morgan fingerprint density at radius 1 is 1.08 bits per heavy atom. The van der Waals surface area contributed by atoms with E-state index in [1.165, 1.54) is 6.07 Å². The Balaban J connectivity index is 2.63. The minimum atomic E-state index is -4.43. The normalized spacial score (nSPS) is 12.9. The van der Waals surface area contributed by atoms with Crippen LogP contribution in [-0.2, 0) is 6.18 Å². The van der Waals surface area contributed by atoms with Gasteiger partial charge in [0.25, 0.3) is 0 Å². The fourth-order valence-corrected chi connectivity index (χ4v) is 3.16. The van der Waals surface area contributed by atoms with Crippen LogP contribution in [-0.4, -0.2) is 5.11 Å². The summed E-state index contributed by atoms with van der Waals surface area (Å²) in [7, 11) is 0. The summed E-state index contributed by atoms with van der Waals surface area (Å²) in [6, 6.07) is 4.47. The van der Waals surface area contributed by atoms with Gasteiger partial charge in [-0.2, -0.15) is 13.2 Å². The summed E-state index contributed by atoms with van der Waals surface area (Å²) in [5.74, 6) is -0.661. The summed E-state index contributed by atoms with van der Waals surface area (Å²) in [6.07, 6.45) is -4.44. The van der Waals surface area contributed by atoms with Crippen LogP contribution in [0.25, 0.3) is 11.1 Å². The second-order valence-electron chi connectivity index (χ2n) is 6.56. The second kappa shape index (κ2) is 7.11. The molecule has 0 aromatic heterocycles. The highest BCUT2D eigenvalue weighted by molar-refractivity contribution is 5.73. The molecule has 0 saturated carbocycles. The molecule has 3 N–H and O–H groups in total. The Hall–Kier alpha value is -2.34. The Morgan fingerprint density at radius 2 is 1.62 bits per heavy atom. The van der Waals surface area contributed by atoms with Crippen LogP contribution in [0, 0.1) is 26.6 Å². The molecule has 140 valence electrons. The maximum Gasteiger partial charge on any atom is 0.416 e. The Kier molecular flexibility index (Phi) is 5.47. The molecular formula is C20H21F4NO. The molecule has 6 heteroatoms. The number of halogens is 4. The molecule has 26 heavy (non-hydrogen) atoms. The highest BCUT2D eigenvalue weighted by Crippen LogP contribution is 2.37. The Bertz CT molecular complexity index is 833. The molecule has 0 amide bonds. The summed E-state index contributed by atoms with van der Waals surface area (Å²) in [5.41, 5.74) is 7.83. The highest BCUT2D eigenvalue weighted by atomic mass is 19.4. The van der Waals surface area contributed by atoms with Gasteiger partial charge in [-0.1, -0.05) is 6.58 Å². The third kappa shape index (κ3) is 4.07. The average Bonchev–Trinajstić information content (AvgIpc) is 2.48. The summed E-state index contributed by atoms with van der Waals surface area (Å²) < 4.78 is 53.5. The molecule has 0 bridgehead atoms. The fourth-order valence-electron chi connectivity index (χ4n) is 3.16. The molecule has 0 saturated heterocycles. The number of nitrogens with two attached hydrogens (primary N) is 1. The first-order valence-corrected chi connectivity index (χ1v) is 8.03. The number of hydrogen-bond donors (Lipinski definition) is 2. The molecule has 2 aromatic carbocycles. The minimum Gasteiger partial charge on any atom is -0.513 e. The largest absolute Gasteiger partial charge is 0.513 e. The van der Waals surface area contributed by atoms with Gasteiger partial charge in [-0.05, 0) is 72.9 Å². The van der Waals surface area contributed by atoms with Crippen molar-refractivity contribution < 1.29 is 22.7 Å². The molecule has 1 unspecified atom stereocenters. The van der Waals surface area contributed by atoms with E-state index in [-0.39, 0.29) is 17.7 Å². The van der Waals surface area contributed by atoms with E-state index in [0.717, 1.165) is 12.1 Å². The summed E-state index contributed by atoms with van der Waals surface area (Å²) in [4.78, 5) is 0. The quantitative estimate of drug-likeness (QED) is 0.522. The molecule has 2 aromatic rings. The molecular weight excluding hydrogens is 346 g/mol. The van der Waals surface area contributed by atoms with Gasteiger partial charge < -0.3 is 10.8 Å². The van der Waals surface area contributed by atoms with E-state index < -0.39 is 23.6 Å². The summed E-state index contributed by atoms with van der Waals surface area (Å²) >= 11 is 0. The van der Waals surface area contributed by atoms with E-state index >= 15 is 0 Å². The van der Waals surface area contributed by atoms with Gasteiger partial charge >= 0.3 is 6.18 Å². The number of alkyl halides is 3. The van der Waals surface area contributed by atoms with Gasteiger partial charge in [-0.15, -0.1) is 0 Å². The van der Waals surface area contributed by atoms with Crippen molar-refractivity contribution in [2.45, 2.75) is 39.4 Å². The smallest absolute Gasteiger partial charge is 0.416 e. The van der Waals surface area contributed by atoms with E-state index in [0.29, 0.717) is 27.8 Å². The number of aryl methyl sites for hydroxylation is 3. The molecule has 2 nitrogen and oxygen atoms in total. The van der Waals surface area contributed by atoms with Crippen molar-refractivity contribution in [1.29, 1.82) is 0 Å². The third-order valence-electron chi connectivity index (χ3n) is 4.29. The van der Waals surface area contributed by atoms with Crippen LogP contribution in [0.1, 0.15) is 40.3 Å². The van der Waals surface area contributed by atoms with Crippen molar-refractivity contribution in [2.24, 2.45) is 5.73 Å². The van der Waals surface area contributed by atoms with Gasteiger partial charge in [0.2, 0.25) is 0 Å². The van der Waals surface area contributed by atoms with E-state index in [1.54, 1.807) is 26.8 Å². The zero-order valence-electron chi connectivity index (χ0n) is 14.8. The zero-order chi connectivity index (χ0) is 19.8. The van der Waals surface area contributed by atoms with Crippen LogP contribution >= 0.6 is 0 Å². The monoisotopic (exact) mass is 367 g/mol. The van der Waals surface area contributed by atoms with Crippen LogP contribution in [0.4, 0.5) is 17.6 Å². The molecule has 0 radical (unpaired) electrons. The predicted octanol–water partition coefficient (Wildman–Crippen LogP) is 5.90. The average molecular weight is 367 g/mol. The van der Waals surface area contributed by atoms with Crippen molar-refractivity contribution >= 4 is 0 Å². The standard InChI is InChI=1S/C20H21F4NO/c1-10-6-15(20(22,23)24)7-11(2)18(10)14-5-12(3)19(21)16(9-14)17(25)8-13(4)26/h5-7,9,17,26H,4,8,25H2,1-3H3. The first-order valence-electron chi connectivity index (χ1n) is 8.03. The summed E-state index contributed by atoms with van der Waals surface area (Å²) in [6.45, 7) is 8.11. The maximum atomic E-state index is 14.5. The molecule has 0 aliphatic heterocycles. The molecule has 0 aliphatic carbocycles. The SMILES string of the molecule is C=C(O)CC(N)c1cc(-c2c(C)cc(C(F)(F)F)cc2C)cc(C)c1F. The van der Waals surface area contributed by atoms with E-state index in [2.05, 4.69) is 6.58 Å². The van der Waals surface area contributed by atoms with Gasteiger partial charge in [-0.25, -0.2) is 4.39 Å². The van der Waals surface area contributed by atoms with Crippen molar-refractivity contribution in [3.05, 3.63) is 70.2 Å². The van der Waals surface area contributed by atoms with Crippen LogP contribution in [0.3, 0.4) is 0 Å². The first-order chi connectivity index (χ1) is 11.9. The topological polar surface area (TPSA) is 46.2 Å². The van der Waals surface area contributed by atoms with E-state index in [1.807, 2.05) is 0 Å². The van der Waals surface area contributed by atoms with Crippen LogP contribution in [0.2, 0.25) is 0 Å². The lowest BCUT2D eigenvalue weighted by atomic mass is 9.89. The molecule has 1 atom stereocenters. The van der Waals surface area contributed by atoms with Crippen molar-refractivity contribution in [3.63, 3.8) is 0 Å². The number of aliphatic hydroxyl groups is 1. The van der Waals surface area contributed by atoms with Crippen molar-refractivity contribution in [2.75, 3.05) is 0 Å². The Morgan fingerprint density at radius 3 is 2.08 bits per heavy atom. The third-order valence-corrected chi connectivity index (χ3v) is 4.29. The van der Waals surface area contributed by atoms with Gasteiger partial charge in [0.15, 0.2) is 0 Å². The molecule has 0 spiro atoms. The van der Waals surface area contributed by atoms with Gasteiger partial charge in [0, 0.05) is 18.0 Å². The first kappa shape index (κ1) is 20.0. The fraction of sp³-hybridized carbons (Fsp3) is 0.300. The van der Waals surface area contributed by atoms with E-state index in [9.17, 15) is 22.7 Å². The van der Waals surface area contributed by atoms with Gasteiger partial charge in [-0.3, -0.25) is 0 Å². The highest BCUT2D eigenvalue weighted by Gasteiger charge is 2.31. The second-order valence-corrected chi connectivity index (χ2v) is 6.56. The van der Waals surface area contributed by atoms with Gasteiger partial charge in [0.1, 0.15) is 5.82 Å². The number of aliphatic hydroxyl groups excluding tert-OH is 1. The molecule has 0 fully saturated rings. The zero-order valence-corrected chi connectivity index (χ0v) is 14.8. The summed E-state index contributed by atoms with van der Waals surface area (Å²) in [5, 5.41) is 9.32.